The highest BCUT2D eigenvalue weighted by Crippen LogP contribution is 2.50. The second-order valence-electron chi connectivity index (χ2n) is 8.71. The van der Waals surface area contributed by atoms with Crippen molar-refractivity contribution in [1.82, 2.24) is 15.1 Å². The predicted octanol–water partition coefficient (Wildman–Crippen LogP) is 2.53. The molecule has 1 aromatic carbocycles. The van der Waals surface area contributed by atoms with Crippen molar-refractivity contribution in [2.45, 2.75) is 70.4 Å². The van der Waals surface area contributed by atoms with E-state index in [9.17, 15) is 19.8 Å². The molecule has 0 unspecified atom stereocenters. The Kier molecular flexibility index (Phi) is 6.43. The second kappa shape index (κ2) is 8.55. The fraction of sp³-hybridized carbons (Fsp3) is 0.652. The lowest BCUT2D eigenvalue weighted by molar-refractivity contribution is -0.141. The zero-order valence-electron chi connectivity index (χ0n) is 18.6. The first-order chi connectivity index (χ1) is 14.2. The van der Waals surface area contributed by atoms with Crippen molar-refractivity contribution in [3.05, 3.63) is 29.3 Å². The summed E-state index contributed by atoms with van der Waals surface area (Å²) >= 11 is 0. The Balaban J connectivity index is 2.20. The summed E-state index contributed by atoms with van der Waals surface area (Å²) in [6, 6.07) is 4.65. The molecule has 2 heterocycles. The number of aliphatic hydroxyl groups is 1. The number of fused-ring (bicyclic) bond motifs is 1. The number of rotatable bonds is 3. The molecule has 1 aromatic rings. The lowest BCUT2D eigenvalue weighted by atomic mass is 9.56. The highest BCUT2D eigenvalue weighted by atomic mass is 16.3. The van der Waals surface area contributed by atoms with Crippen LogP contribution in [0.25, 0.3) is 0 Å². The van der Waals surface area contributed by atoms with E-state index in [1.807, 2.05) is 26.8 Å². The monoisotopic (exact) mass is 417 g/mol. The van der Waals surface area contributed by atoms with E-state index in [0.29, 0.717) is 38.9 Å². The number of nitrogens with zero attached hydrogens (tertiary/aromatic N) is 2. The molecule has 2 fully saturated rings. The van der Waals surface area contributed by atoms with E-state index in [1.165, 1.54) is 4.90 Å². The standard InChI is InChI=1S/C23H35N3O4/c1-5-25-13-7-10-23(30)17(4)24-12-11-22(23,15-20(28)26(6-2)21(25)29)19-14-18(27)9-8-16(19)3/h8-9,14,17,24,27,30H,5-7,10-13,15H2,1-4H3/t17-,22-,23-/m1/s1. The van der Waals surface area contributed by atoms with E-state index >= 15 is 0 Å². The first-order valence-corrected chi connectivity index (χ1v) is 11.0. The van der Waals surface area contributed by atoms with Crippen LogP contribution in [0.4, 0.5) is 4.79 Å². The normalized spacial score (nSPS) is 30.9. The molecule has 2 aliphatic heterocycles. The number of hydrogen-bond acceptors (Lipinski definition) is 5. The third kappa shape index (κ3) is 3.58. The van der Waals surface area contributed by atoms with Crippen molar-refractivity contribution >= 4 is 11.9 Å². The Bertz CT molecular complexity index is 814. The molecule has 0 aliphatic carbocycles. The fourth-order valence-electron chi connectivity index (χ4n) is 5.46. The number of urea groups is 1. The number of carbonyl (C=O) groups excluding carboxylic acids is 2. The van der Waals surface area contributed by atoms with Gasteiger partial charge in [-0.2, -0.15) is 0 Å². The maximum atomic E-state index is 13.5. The highest BCUT2D eigenvalue weighted by molar-refractivity contribution is 5.95. The average molecular weight is 418 g/mol. The van der Waals surface area contributed by atoms with E-state index in [4.69, 9.17) is 0 Å². The minimum Gasteiger partial charge on any atom is -0.508 e. The van der Waals surface area contributed by atoms with E-state index in [0.717, 1.165) is 11.1 Å². The largest absolute Gasteiger partial charge is 0.508 e. The Morgan fingerprint density at radius 1 is 1.20 bits per heavy atom. The van der Waals surface area contributed by atoms with Crippen LogP contribution in [-0.2, 0) is 10.2 Å². The molecule has 3 atom stereocenters. The summed E-state index contributed by atoms with van der Waals surface area (Å²) in [6.07, 6.45) is 1.66. The third-order valence-electron chi connectivity index (χ3n) is 7.22. The molecule has 0 bridgehead atoms. The van der Waals surface area contributed by atoms with Crippen LogP contribution in [0.15, 0.2) is 18.2 Å². The molecule has 166 valence electrons. The van der Waals surface area contributed by atoms with Crippen molar-refractivity contribution in [3.8, 4) is 5.75 Å². The maximum absolute atomic E-state index is 13.5. The molecule has 30 heavy (non-hydrogen) atoms. The fourth-order valence-corrected chi connectivity index (χ4v) is 5.46. The molecule has 3 rings (SSSR count). The molecule has 0 spiro atoms. The molecule has 0 aromatic heterocycles. The van der Waals surface area contributed by atoms with Crippen LogP contribution in [0.1, 0.15) is 57.6 Å². The van der Waals surface area contributed by atoms with Gasteiger partial charge in [0.05, 0.1) is 5.60 Å². The Labute approximate surface area is 179 Å². The van der Waals surface area contributed by atoms with E-state index < -0.39 is 11.0 Å². The van der Waals surface area contributed by atoms with Crippen LogP contribution in [0.3, 0.4) is 0 Å². The molecule has 7 heteroatoms. The number of amides is 3. The molecule has 0 radical (unpaired) electrons. The highest BCUT2D eigenvalue weighted by Gasteiger charge is 2.58. The summed E-state index contributed by atoms with van der Waals surface area (Å²) in [4.78, 5) is 29.5. The minimum atomic E-state index is -1.20. The number of piperidine rings is 1. The number of nitrogens with one attached hydrogen (secondary N) is 1. The zero-order valence-corrected chi connectivity index (χ0v) is 18.6. The third-order valence-corrected chi connectivity index (χ3v) is 7.22. The van der Waals surface area contributed by atoms with Gasteiger partial charge in [0.1, 0.15) is 5.75 Å². The number of aromatic hydroxyl groups is 1. The summed E-state index contributed by atoms with van der Waals surface area (Å²) in [7, 11) is 0. The van der Waals surface area contributed by atoms with Crippen LogP contribution in [0.5, 0.6) is 5.75 Å². The van der Waals surface area contributed by atoms with Crippen molar-refractivity contribution in [3.63, 3.8) is 0 Å². The molecule has 2 saturated heterocycles. The van der Waals surface area contributed by atoms with Crippen LogP contribution in [0.2, 0.25) is 0 Å². The molecule has 0 saturated carbocycles. The van der Waals surface area contributed by atoms with Gasteiger partial charge in [-0.3, -0.25) is 9.69 Å². The van der Waals surface area contributed by atoms with Gasteiger partial charge in [0.2, 0.25) is 5.91 Å². The van der Waals surface area contributed by atoms with Gasteiger partial charge in [-0.25, -0.2) is 4.79 Å². The van der Waals surface area contributed by atoms with Gasteiger partial charge in [-0.15, -0.1) is 0 Å². The quantitative estimate of drug-likeness (QED) is 0.703. The number of hydrogen-bond donors (Lipinski definition) is 3. The molecule has 3 amide bonds. The van der Waals surface area contributed by atoms with Crippen molar-refractivity contribution in [1.29, 1.82) is 0 Å². The van der Waals surface area contributed by atoms with Gasteiger partial charge in [0.25, 0.3) is 0 Å². The molecular weight excluding hydrogens is 382 g/mol. The summed E-state index contributed by atoms with van der Waals surface area (Å²) in [5.74, 6) is -0.165. The van der Waals surface area contributed by atoms with Crippen LogP contribution >= 0.6 is 0 Å². The minimum absolute atomic E-state index is 0.0247. The van der Waals surface area contributed by atoms with Crippen LogP contribution in [0, 0.1) is 6.92 Å². The van der Waals surface area contributed by atoms with Gasteiger partial charge < -0.3 is 20.4 Å². The average Bonchev–Trinajstić information content (AvgIpc) is 2.71. The molecule has 7 nitrogen and oxygen atoms in total. The maximum Gasteiger partial charge on any atom is 0.326 e. The van der Waals surface area contributed by atoms with Crippen molar-refractivity contribution < 1.29 is 19.8 Å². The number of carbonyl (C=O) groups is 2. The van der Waals surface area contributed by atoms with E-state index in [1.54, 1.807) is 24.0 Å². The lowest BCUT2D eigenvalue weighted by Crippen LogP contribution is -2.68. The van der Waals surface area contributed by atoms with Crippen LogP contribution in [-0.4, -0.2) is 69.8 Å². The second-order valence-corrected chi connectivity index (χ2v) is 8.71. The van der Waals surface area contributed by atoms with E-state index in [2.05, 4.69) is 5.32 Å². The number of imide groups is 1. The molecule has 3 N–H and O–H groups in total. The summed E-state index contributed by atoms with van der Waals surface area (Å²) in [5.41, 5.74) is -0.365. The van der Waals surface area contributed by atoms with Gasteiger partial charge in [0.15, 0.2) is 0 Å². The lowest BCUT2D eigenvalue weighted by Gasteiger charge is -2.55. The Morgan fingerprint density at radius 2 is 1.93 bits per heavy atom. The summed E-state index contributed by atoms with van der Waals surface area (Å²) in [5, 5.41) is 25.8. The summed E-state index contributed by atoms with van der Waals surface area (Å²) in [6.45, 7) is 9.56. The Morgan fingerprint density at radius 3 is 2.60 bits per heavy atom. The number of benzene rings is 1. The topological polar surface area (TPSA) is 93.1 Å². The van der Waals surface area contributed by atoms with Gasteiger partial charge in [0, 0.05) is 37.5 Å². The summed E-state index contributed by atoms with van der Waals surface area (Å²) < 4.78 is 0. The predicted molar refractivity (Wildman–Crippen MR) is 115 cm³/mol. The number of phenols is 1. The smallest absolute Gasteiger partial charge is 0.326 e. The van der Waals surface area contributed by atoms with Gasteiger partial charge in [-0.1, -0.05) is 6.07 Å². The number of phenolic OH excluding ortho intramolecular Hbond substituents is 1. The molecule has 2 aliphatic rings. The molecular formula is C23H35N3O4. The Hall–Kier alpha value is -2.12. The zero-order chi connectivity index (χ0) is 22.1. The van der Waals surface area contributed by atoms with Gasteiger partial charge >= 0.3 is 6.03 Å². The number of aryl methyl sites for hydroxylation is 1. The SMILES string of the molecule is CCN1CCC[C@@]2(O)[C@@H](C)NCC[C@]2(c2cc(O)ccc2C)CC(=O)N(CC)C1=O. The van der Waals surface area contributed by atoms with E-state index in [-0.39, 0.29) is 36.7 Å². The first kappa shape index (κ1) is 22.6. The first-order valence-electron chi connectivity index (χ1n) is 11.0. The van der Waals surface area contributed by atoms with Gasteiger partial charge in [-0.05, 0) is 76.8 Å². The van der Waals surface area contributed by atoms with Crippen molar-refractivity contribution in [2.24, 2.45) is 0 Å². The van der Waals surface area contributed by atoms with Crippen molar-refractivity contribution in [2.75, 3.05) is 26.2 Å². The van der Waals surface area contributed by atoms with Crippen LogP contribution < -0.4 is 5.32 Å².